The van der Waals surface area contributed by atoms with Crippen LogP contribution in [0.25, 0.3) is 10.8 Å². The van der Waals surface area contributed by atoms with E-state index in [9.17, 15) is 18.0 Å². The first-order valence-electron chi connectivity index (χ1n) is 9.64. The Hall–Kier alpha value is -3.23. The lowest BCUT2D eigenvalue weighted by Crippen LogP contribution is -2.40. The molecule has 0 aliphatic rings. The van der Waals surface area contributed by atoms with Gasteiger partial charge in [0.2, 0.25) is 10.0 Å². The van der Waals surface area contributed by atoms with Crippen LogP contribution in [0.3, 0.4) is 0 Å². The number of esters is 1. The number of hydrogen-bond acceptors (Lipinski definition) is 5. The van der Waals surface area contributed by atoms with Gasteiger partial charge in [-0.05, 0) is 56.5 Å². The van der Waals surface area contributed by atoms with Crippen molar-refractivity contribution in [2.45, 2.75) is 31.2 Å². The molecule has 8 heteroatoms. The molecule has 0 radical (unpaired) electrons. The average molecular weight is 441 g/mol. The van der Waals surface area contributed by atoms with Crippen molar-refractivity contribution in [1.82, 2.24) is 4.72 Å². The highest BCUT2D eigenvalue weighted by atomic mass is 32.2. The Morgan fingerprint density at radius 2 is 1.55 bits per heavy atom. The van der Waals surface area contributed by atoms with Crippen LogP contribution in [0.15, 0.2) is 71.6 Å². The molecular weight excluding hydrogens is 416 g/mol. The maximum Gasteiger partial charge on any atom is 0.338 e. The first-order valence-corrected chi connectivity index (χ1v) is 11.1. The smallest absolute Gasteiger partial charge is 0.338 e. The number of amides is 1. The maximum absolute atomic E-state index is 12.3. The molecule has 31 heavy (non-hydrogen) atoms. The minimum absolute atomic E-state index is 0.0349. The Morgan fingerprint density at radius 3 is 2.23 bits per heavy atom. The number of carbonyl (C=O) groups is 2. The van der Waals surface area contributed by atoms with Crippen molar-refractivity contribution >= 4 is 38.4 Å². The predicted octanol–water partition coefficient (Wildman–Crippen LogP) is 3.71. The highest BCUT2D eigenvalue weighted by Crippen LogP contribution is 2.22. The average Bonchev–Trinajstić information content (AvgIpc) is 2.71. The zero-order chi connectivity index (χ0) is 22.6. The zero-order valence-electron chi connectivity index (χ0n) is 17.5. The minimum Gasteiger partial charge on any atom is -0.452 e. The number of ether oxygens (including phenoxy) is 1. The number of rotatable bonds is 6. The molecule has 0 unspecified atom stereocenters. The van der Waals surface area contributed by atoms with Gasteiger partial charge in [0.15, 0.2) is 6.61 Å². The van der Waals surface area contributed by atoms with E-state index in [4.69, 9.17) is 4.74 Å². The van der Waals surface area contributed by atoms with Crippen molar-refractivity contribution in [3.8, 4) is 0 Å². The summed E-state index contributed by atoms with van der Waals surface area (Å²) in [6, 6.07) is 18.5. The second kappa shape index (κ2) is 8.87. The molecule has 0 spiro atoms. The summed E-state index contributed by atoms with van der Waals surface area (Å²) in [6.07, 6.45) is 0. The molecule has 0 saturated carbocycles. The Kier molecular flexibility index (Phi) is 6.42. The minimum atomic E-state index is -3.70. The lowest BCUT2D eigenvalue weighted by Gasteiger charge is -2.20. The fourth-order valence-corrected chi connectivity index (χ4v) is 4.39. The van der Waals surface area contributed by atoms with Crippen LogP contribution in [-0.4, -0.2) is 32.4 Å². The number of nitrogens with one attached hydrogen (secondary N) is 2. The number of hydrogen-bond donors (Lipinski definition) is 2. The molecule has 162 valence electrons. The lowest BCUT2D eigenvalue weighted by atomic mass is 10.1. The second-order valence-electron chi connectivity index (χ2n) is 8.03. The summed E-state index contributed by atoms with van der Waals surface area (Å²) in [5.41, 5.74) is 0.140. The largest absolute Gasteiger partial charge is 0.452 e. The summed E-state index contributed by atoms with van der Waals surface area (Å²) in [5, 5.41) is 4.60. The maximum atomic E-state index is 12.3. The number of carbonyl (C=O) groups excluding carboxylic acids is 2. The third-order valence-corrected chi connectivity index (χ3v) is 6.01. The van der Waals surface area contributed by atoms with E-state index >= 15 is 0 Å². The van der Waals surface area contributed by atoms with Gasteiger partial charge in [-0.1, -0.05) is 36.4 Å². The summed E-state index contributed by atoms with van der Waals surface area (Å²) in [5.74, 6) is -1.20. The van der Waals surface area contributed by atoms with E-state index in [0.717, 1.165) is 10.8 Å². The van der Waals surface area contributed by atoms with Crippen LogP contribution in [-0.2, 0) is 19.6 Å². The molecule has 3 aromatic carbocycles. The van der Waals surface area contributed by atoms with Gasteiger partial charge in [0, 0.05) is 16.6 Å². The van der Waals surface area contributed by atoms with Crippen LogP contribution in [0.5, 0.6) is 0 Å². The topological polar surface area (TPSA) is 102 Å². The monoisotopic (exact) mass is 440 g/mol. The molecule has 0 heterocycles. The molecule has 3 aromatic rings. The van der Waals surface area contributed by atoms with Crippen molar-refractivity contribution in [3.05, 3.63) is 72.3 Å². The fourth-order valence-electron chi connectivity index (χ4n) is 2.97. The zero-order valence-corrected chi connectivity index (χ0v) is 18.3. The Bertz CT molecular complexity index is 1210. The van der Waals surface area contributed by atoms with Crippen LogP contribution < -0.4 is 10.0 Å². The Morgan fingerprint density at radius 1 is 0.903 bits per heavy atom. The highest BCUT2D eigenvalue weighted by molar-refractivity contribution is 7.89. The molecule has 0 fully saturated rings. The summed E-state index contributed by atoms with van der Waals surface area (Å²) < 4.78 is 32.3. The Balaban J connectivity index is 1.61. The predicted molar refractivity (Wildman–Crippen MR) is 119 cm³/mol. The van der Waals surface area contributed by atoms with E-state index in [-0.39, 0.29) is 10.5 Å². The van der Waals surface area contributed by atoms with Crippen molar-refractivity contribution in [2.24, 2.45) is 0 Å². The van der Waals surface area contributed by atoms with Crippen molar-refractivity contribution in [3.63, 3.8) is 0 Å². The Labute approximate surface area is 181 Å². The third kappa shape index (κ3) is 5.90. The van der Waals surface area contributed by atoms with E-state index in [1.54, 1.807) is 26.8 Å². The van der Waals surface area contributed by atoms with E-state index in [1.165, 1.54) is 24.3 Å². The first kappa shape index (κ1) is 22.5. The van der Waals surface area contributed by atoms with Crippen LogP contribution in [0.1, 0.15) is 31.1 Å². The van der Waals surface area contributed by atoms with Crippen molar-refractivity contribution in [1.29, 1.82) is 0 Å². The lowest BCUT2D eigenvalue weighted by molar-refractivity contribution is -0.119. The molecule has 1 amide bonds. The molecule has 0 saturated heterocycles. The quantitative estimate of drug-likeness (QED) is 0.569. The van der Waals surface area contributed by atoms with Gasteiger partial charge in [-0.15, -0.1) is 0 Å². The van der Waals surface area contributed by atoms with Gasteiger partial charge in [0.05, 0.1) is 10.5 Å². The number of anilines is 1. The standard InChI is InChI=1S/C23H24N2O5S/c1-23(2,3)25-31(28,29)18-13-11-17(12-14-18)22(27)30-15-21(26)24-20-10-6-8-16-7-4-5-9-19(16)20/h4-14,25H,15H2,1-3H3,(H,24,26). The van der Waals surface area contributed by atoms with E-state index in [2.05, 4.69) is 10.0 Å². The van der Waals surface area contributed by atoms with E-state index in [0.29, 0.717) is 5.69 Å². The number of benzene rings is 3. The van der Waals surface area contributed by atoms with E-state index < -0.39 is 34.0 Å². The fraction of sp³-hybridized carbons (Fsp3) is 0.217. The summed E-state index contributed by atoms with van der Waals surface area (Å²) in [6.45, 7) is 4.74. The molecule has 2 N–H and O–H groups in total. The van der Waals surface area contributed by atoms with Crippen LogP contribution in [0.2, 0.25) is 0 Å². The molecule has 0 bridgehead atoms. The summed E-state index contributed by atoms with van der Waals surface area (Å²) in [4.78, 5) is 24.5. The number of sulfonamides is 1. The molecular formula is C23H24N2O5S. The molecule has 0 atom stereocenters. The van der Waals surface area contributed by atoms with Gasteiger partial charge >= 0.3 is 5.97 Å². The summed E-state index contributed by atoms with van der Waals surface area (Å²) >= 11 is 0. The first-order chi connectivity index (χ1) is 14.5. The number of fused-ring (bicyclic) bond motifs is 1. The molecule has 3 rings (SSSR count). The van der Waals surface area contributed by atoms with Crippen molar-refractivity contribution < 1.29 is 22.7 Å². The third-order valence-electron chi connectivity index (χ3n) is 4.24. The van der Waals surface area contributed by atoms with Crippen LogP contribution >= 0.6 is 0 Å². The van der Waals surface area contributed by atoms with Crippen LogP contribution in [0, 0.1) is 0 Å². The van der Waals surface area contributed by atoms with E-state index in [1.807, 2.05) is 36.4 Å². The highest BCUT2D eigenvalue weighted by Gasteiger charge is 2.22. The van der Waals surface area contributed by atoms with Gasteiger partial charge in [-0.25, -0.2) is 17.9 Å². The van der Waals surface area contributed by atoms with Gasteiger partial charge in [-0.2, -0.15) is 0 Å². The van der Waals surface area contributed by atoms with Crippen molar-refractivity contribution in [2.75, 3.05) is 11.9 Å². The van der Waals surface area contributed by atoms with Gasteiger partial charge in [0.25, 0.3) is 5.91 Å². The van der Waals surface area contributed by atoms with Gasteiger partial charge < -0.3 is 10.1 Å². The molecule has 7 nitrogen and oxygen atoms in total. The SMILES string of the molecule is CC(C)(C)NS(=O)(=O)c1ccc(C(=O)OCC(=O)Nc2cccc3ccccc23)cc1. The molecule has 0 aliphatic heterocycles. The van der Waals surface area contributed by atoms with Gasteiger partial charge in [0.1, 0.15) is 0 Å². The molecule has 0 aromatic heterocycles. The molecule has 0 aliphatic carbocycles. The summed E-state index contributed by atoms with van der Waals surface area (Å²) in [7, 11) is -3.70. The second-order valence-corrected chi connectivity index (χ2v) is 9.71. The normalized spacial score (nSPS) is 11.8. The van der Waals surface area contributed by atoms with Gasteiger partial charge in [-0.3, -0.25) is 4.79 Å². The van der Waals surface area contributed by atoms with Crippen LogP contribution in [0.4, 0.5) is 5.69 Å².